The van der Waals surface area contributed by atoms with Gasteiger partial charge >= 0.3 is 0 Å². The largest absolute Gasteiger partial charge is 1.00 e. The van der Waals surface area contributed by atoms with Crippen LogP contribution in [0.25, 0.3) is 0 Å². The minimum Gasteiger partial charge on any atom is -1.00 e. The summed E-state index contributed by atoms with van der Waals surface area (Å²) in [5, 5.41) is 15.8. The van der Waals surface area contributed by atoms with Gasteiger partial charge in [0.2, 0.25) is 0 Å². The monoisotopic (exact) mass is 211 g/mol. The Labute approximate surface area is 79.9 Å². The van der Waals surface area contributed by atoms with E-state index in [0.29, 0.717) is 13.2 Å². The van der Waals surface area contributed by atoms with Crippen molar-refractivity contribution >= 4 is 0 Å². The molecule has 0 aliphatic carbocycles. The minimum absolute atomic E-state index is 0. The Kier molecular flexibility index (Phi) is 74.3. The summed E-state index contributed by atoms with van der Waals surface area (Å²) in [5.74, 6) is 0. The van der Waals surface area contributed by atoms with Crippen molar-refractivity contribution in [3.63, 3.8) is 0 Å². The molecule has 0 spiro atoms. The van der Waals surface area contributed by atoms with Gasteiger partial charge in [-0.15, -0.1) is 0 Å². The zero-order chi connectivity index (χ0) is 6.83. The van der Waals surface area contributed by atoms with Crippen molar-refractivity contribution in [1.82, 2.24) is 0 Å². The number of hydrogen-bond donors (Lipinski definition) is 2. The second-order valence-electron chi connectivity index (χ2n) is 1.45. The fraction of sp³-hybridized carbons (Fsp3) is 1.00. The molecule has 0 aliphatic heterocycles. The second kappa shape index (κ2) is 33.1. The fourth-order valence-corrected chi connectivity index (χ4v) is 0. The second-order valence-corrected chi connectivity index (χ2v) is 1.45. The van der Waals surface area contributed by atoms with Gasteiger partial charge < -0.3 is 22.6 Å². The van der Waals surface area contributed by atoms with Crippen molar-refractivity contribution in [2.75, 3.05) is 13.2 Å². The van der Waals surface area contributed by atoms with E-state index in [-0.39, 0.29) is 29.5 Å². The number of aliphatic hydroxyl groups excluding tert-OH is 2. The maximum Gasteiger partial charge on any atom is 0.0428 e. The van der Waals surface area contributed by atoms with E-state index in [2.05, 4.69) is 0 Å². The molecule has 0 aromatic heterocycles. The molecular formula is C6H16ClFeO2-. The summed E-state index contributed by atoms with van der Waals surface area (Å²) in [6.45, 7) is 4.50. The van der Waals surface area contributed by atoms with Crippen LogP contribution in [0, 0.1) is 0 Å². The molecule has 0 fully saturated rings. The summed E-state index contributed by atoms with van der Waals surface area (Å²) in [4.78, 5) is 0. The summed E-state index contributed by atoms with van der Waals surface area (Å²) in [7, 11) is 0. The Hall–Kier alpha value is 0.729. The van der Waals surface area contributed by atoms with Crippen LogP contribution < -0.4 is 12.4 Å². The van der Waals surface area contributed by atoms with Crippen LogP contribution in [-0.2, 0) is 17.1 Å². The van der Waals surface area contributed by atoms with Crippen molar-refractivity contribution in [2.45, 2.75) is 26.7 Å². The molecule has 0 radical (unpaired) electrons. The first-order valence-electron chi connectivity index (χ1n) is 3.05. The SMILES string of the molecule is CCCO.CCCO.[Cl-].[Fe]. The number of rotatable bonds is 2. The molecule has 0 saturated heterocycles. The molecule has 0 heterocycles. The van der Waals surface area contributed by atoms with E-state index < -0.39 is 0 Å². The van der Waals surface area contributed by atoms with E-state index in [9.17, 15) is 0 Å². The molecule has 0 rings (SSSR count). The molecule has 4 heteroatoms. The summed E-state index contributed by atoms with van der Waals surface area (Å²) >= 11 is 0. The molecule has 0 atom stereocenters. The van der Waals surface area contributed by atoms with Crippen molar-refractivity contribution in [3.05, 3.63) is 0 Å². The molecule has 0 unspecified atom stereocenters. The quantitative estimate of drug-likeness (QED) is 0.508. The molecule has 0 amide bonds. The van der Waals surface area contributed by atoms with Crippen LogP contribution >= 0.6 is 0 Å². The molecular weight excluding hydrogens is 195 g/mol. The Morgan fingerprint density at radius 3 is 1.00 bits per heavy atom. The predicted octanol–water partition coefficient (Wildman–Crippen LogP) is -2.22. The van der Waals surface area contributed by atoms with Gasteiger partial charge in [0.05, 0.1) is 0 Å². The summed E-state index contributed by atoms with van der Waals surface area (Å²) in [6, 6.07) is 0. The Morgan fingerprint density at radius 1 is 0.900 bits per heavy atom. The van der Waals surface area contributed by atoms with Crippen molar-refractivity contribution in [2.24, 2.45) is 0 Å². The van der Waals surface area contributed by atoms with Crippen LogP contribution in [0.5, 0.6) is 0 Å². The third-order valence-electron chi connectivity index (χ3n) is 0.447. The van der Waals surface area contributed by atoms with Gasteiger partial charge in [0.15, 0.2) is 0 Å². The van der Waals surface area contributed by atoms with Crippen LogP contribution in [0.15, 0.2) is 0 Å². The third-order valence-corrected chi connectivity index (χ3v) is 0.447. The van der Waals surface area contributed by atoms with Crippen LogP contribution in [0.1, 0.15) is 26.7 Å². The normalized spacial score (nSPS) is 6.00. The average Bonchev–Trinajstić information content (AvgIpc) is 1.88. The maximum atomic E-state index is 7.88. The van der Waals surface area contributed by atoms with E-state index in [4.69, 9.17) is 10.2 Å². The molecule has 0 aliphatic rings. The van der Waals surface area contributed by atoms with Gasteiger partial charge in [0.1, 0.15) is 0 Å². The molecule has 0 aromatic carbocycles. The van der Waals surface area contributed by atoms with Gasteiger partial charge in [0.25, 0.3) is 0 Å². The van der Waals surface area contributed by atoms with Gasteiger partial charge in [0, 0.05) is 30.3 Å². The standard InChI is InChI=1S/2C3H8O.ClH.Fe/c2*1-2-3-4;;/h2*4H,2-3H2,1H3;1H;/p-1. The Balaban J connectivity index is -0.0000000300. The first kappa shape index (κ1) is 22.4. The minimum atomic E-state index is 0. The number of hydrogen-bond acceptors (Lipinski definition) is 2. The van der Waals surface area contributed by atoms with Crippen molar-refractivity contribution in [3.8, 4) is 0 Å². The molecule has 0 aromatic rings. The van der Waals surface area contributed by atoms with E-state index >= 15 is 0 Å². The van der Waals surface area contributed by atoms with Crippen LogP contribution in [0.4, 0.5) is 0 Å². The Morgan fingerprint density at radius 2 is 1.00 bits per heavy atom. The Bertz CT molecular complexity index is 23.7. The predicted molar refractivity (Wildman–Crippen MR) is 34.8 cm³/mol. The van der Waals surface area contributed by atoms with E-state index in [0.717, 1.165) is 12.8 Å². The zero-order valence-corrected chi connectivity index (χ0v) is 8.31. The maximum absolute atomic E-state index is 7.88. The number of aliphatic hydroxyl groups is 2. The fourth-order valence-electron chi connectivity index (χ4n) is 0. The first-order chi connectivity index (χ1) is 3.83. The zero-order valence-electron chi connectivity index (χ0n) is 6.45. The topological polar surface area (TPSA) is 40.5 Å². The van der Waals surface area contributed by atoms with E-state index in [1.54, 1.807) is 0 Å². The molecule has 0 saturated carbocycles. The van der Waals surface area contributed by atoms with Gasteiger partial charge in [-0.05, 0) is 12.8 Å². The number of halogens is 1. The molecule has 2 nitrogen and oxygen atoms in total. The summed E-state index contributed by atoms with van der Waals surface area (Å²) in [5.41, 5.74) is 0. The molecule has 68 valence electrons. The molecule has 2 N–H and O–H groups in total. The average molecular weight is 211 g/mol. The summed E-state index contributed by atoms with van der Waals surface area (Å²) < 4.78 is 0. The molecule has 10 heavy (non-hydrogen) atoms. The van der Waals surface area contributed by atoms with Gasteiger partial charge in [-0.25, -0.2) is 0 Å². The third kappa shape index (κ3) is 70.0. The smallest absolute Gasteiger partial charge is 0.0428 e. The van der Waals surface area contributed by atoms with E-state index in [1.807, 2.05) is 13.8 Å². The van der Waals surface area contributed by atoms with E-state index in [1.165, 1.54) is 0 Å². The van der Waals surface area contributed by atoms with Crippen LogP contribution in [0.2, 0.25) is 0 Å². The van der Waals surface area contributed by atoms with Gasteiger partial charge in [-0.2, -0.15) is 0 Å². The molecule has 0 bridgehead atoms. The van der Waals surface area contributed by atoms with Gasteiger partial charge in [-0.3, -0.25) is 0 Å². The summed E-state index contributed by atoms with van der Waals surface area (Å²) in [6.07, 6.45) is 1.75. The van der Waals surface area contributed by atoms with Crippen LogP contribution in [-0.4, -0.2) is 23.4 Å². The van der Waals surface area contributed by atoms with Crippen LogP contribution in [0.3, 0.4) is 0 Å². The first-order valence-corrected chi connectivity index (χ1v) is 3.05. The van der Waals surface area contributed by atoms with Gasteiger partial charge in [-0.1, -0.05) is 13.8 Å². The van der Waals surface area contributed by atoms with Crippen molar-refractivity contribution < 1.29 is 39.7 Å². The van der Waals surface area contributed by atoms with Crippen molar-refractivity contribution in [1.29, 1.82) is 0 Å².